The SMILES string of the molecule is CN(CC(=O)NC1CC1)C(=O)COC(=O)CN1C(=O)[C@H]2CCCC[C@H]2C1=O. The number of nitrogens with one attached hydrogen (secondary N) is 1. The van der Waals surface area contributed by atoms with Gasteiger partial charge in [-0.05, 0) is 25.7 Å². The average Bonchev–Trinajstić information content (AvgIpc) is 3.42. The minimum Gasteiger partial charge on any atom is -0.454 e. The van der Waals surface area contributed by atoms with Crippen LogP contribution >= 0.6 is 0 Å². The van der Waals surface area contributed by atoms with Crippen LogP contribution in [0.5, 0.6) is 0 Å². The highest BCUT2D eigenvalue weighted by Crippen LogP contribution is 2.37. The molecule has 3 fully saturated rings. The maximum Gasteiger partial charge on any atom is 0.326 e. The maximum absolute atomic E-state index is 12.3. The summed E-state index contributed by atoms with van der Waals surface area (Å²) >= 11 is 0. The lowest BCUT2D eigenvalue weighted by atomic mass is 9.81. The molecule has 0 bridgehead atoms. The van der Waals surface area contributed by atoms with Gasteiger partial charge in [0.15, 0.2) is 6.61 Å². The van der Waals surface area contributed by atoms with Gasteiger partial charge in [0, 0.05) is 13.1 Å². The molecule has 1 N–H and O–H groups in total. The topological polar surface area (TPSA) is 113 Å². The van der Waals surface area contributed by atoms with Crippen LogP contribution in [0.4, 0.5) is 0 Å². The van der Waals surface area contributed by atoms with Crippen LogP contribution in [0, 0.1) is 11.8 Å². The molecule has 9 heteroatoms. The van der Waals surface area contributed by atoms with Crippen LogP contribution in [-0.2, 0) is 28.7 Å². The number of imide groups is 1. The number of likely N-dealkylation sites (tertiary alicyclic amines) is 1. The van der Waals surface area contributed by atoms with Gasteiger partial charge in [0.1, 0.15) is 6.54 Å². The number of carbonyl (C=O) groups excluding carboxylic acids is 5. The molecule has 2 aliphatic carbocycles. The van der Waals surface area contributed by atoms with E-state index >= 15 is 0 Å². The molecule has 9 nitrogen and oxygen atoms in total. The molecular weight excluding hydrogens is 354 g/mol. The first-order valence-corrected chi connectivity index (χ1v) is 9.41. The molecule has 0 aromatic rings. The summed E-state index contributed by atoms with van der Waals surface area (Å²) in [6.45, 7) is -1.11. The molecule has 0 unspecified atom stereocenters. The van der Waals surface area contributed by atoms with E-state index in [-0.39, 0.29) is 42.1 Å². The lowest BCUT2D eigenvalue weighted by Gasteiger charge is -2.19. The third kappa shape index (κ3) is 4.64. The predicted molar refractivity (Wildman–Crippen MR) is 91.9 cm³/mol. The number of likely N-dealkylation sites (N-methyl/N-ethyl adjacent to an activating group) is 1. The van der Waals surface area contributed by atoms with E-state index in [1.807, 2.05) is 0 Å². The number of hydrogen-bond acceptors (Lipinski definition) is 6. The zero-order valence-electron chi connectivity index (χ0n) is 15.4. The molecule has 0 aromatic heterocycles. The van der Waals surface area contributed by atoms with Gasteiger partial charge in [-0.1, -0.05) is 12.8 Å². The molecule has 3 aliphatic rings. The Balaban J connectivity index is 1.42. The third-order valence-corrected chi connectivity index (χ3v) is 5.33. The highest BCUT2D eigenvalue weighted by atomic mass is 16.5. The second-order valence-electron chi connectivity index (χ2n) is 7.51. The Kier molecular flexibility index (Phi) is 5.76. The fraction of sp³-hybridized carbons (Fsp3) is 0.722. The largest absolute Gasteiger partial charge is 0.454 e. The number of ether oxygens (including phenoxy) is 1. The smallest absolute Gasteiger partial charge is 0.326 e. The zero-order valence-corrected chi connectivity index (χ0v) is 15.4. The fourth-order valence-electron chi connectivity index (χ4n) is 3.62. The second-order valence-corrected chi connectivity index (χ2v) is 7.51. The van der Waals surface area contributed by atoms with Crippen molar-refractivity contribution in [2.24, 2.45) is 11.8 Å². The van der Waals surface area contributed by atoms with Gasteiger partial charge in [0.25, 0.3) is 5.91 Å². The maximum atomic E-state index is 12.3. The van der Waals surface area contributed by atoms with Crippen LogP contribution in [0.25, 0.3) is 0 Å². The van der Waals surface area contributed by atoms with Crippen LogP contribution in [0.1, 0.15) is 38.5 Å². The van der Waals surface area contributed by atoms with E-state index in [1.54, 1.807) is 0 Å². The van der Waals surface area contributed by atoms with E-state index in [1.165, 1.54) is 11.9 Å². The van der Waals surface area contributed by atoms with E-state index in [0.717, 1.165) is 30.6 Å². The summed E-state index contributed by atoms with van der Waals surface area (Å²) in [7, 11) is 1.45. The normalized spacial score (nSPS) is 24.4. The zero-order chi connectivity index (χ0) is 19.6. The molecule has 2 atom stereocenters. The molecule has 3 rings (SSSR count). The Hall–Kier alpha value is -2.45. The molecule has 4 amide bonds. The minimum absolute atomic E-state index is 0.112. The molecule has 1 aliphatic heterocycles. The van der Waals surface area contributed by atoms with Crippen molar-refractivity contribution in [3.8, 4) is 0 Å². The van der Waals surface area contributed by atoms with Crippen molar-refractivity contribution >= 4 is 29.6 Å². The van der Waals surface area contributed by atoms with Gasteiger partial charge in [-0.3, -0.25) is 28.9 Å². The van der Waals surface area contributed by atoms with Crippen molar-refractivity contribution in [1.82, 2.24) is 15.1 Å². The predicted octanol–water partition coefficient (Wildman–Crippen LogP) is -0.558. The Bertz CT molecular complexity index is 635. The molecule has 0 aromatic carbocycles. The summed E-state index contributed by atoms with van der Waals surface area (Å²) in [6.07, 6.45) is 5.08. The van der Waals surface area contributed by atoms with Crippen molar-refractivity contribution in [3.05, 3.63) is 0 Å². The third-order valence-electron chi connectivity index (χ3n) is 5.33. The number of hydrogen-bond donors (Lipinski definition) is 1. The molecule has 1 heterocycles. The number of rotatable bonds is 7. The first-order chi connectivity index (χ1) is 12.9. The summed E-state index contributed by atoms with van der Waals surface area (Å²) < 4.78 is 4.90. The van der Waals surface area contributed by atoms with E-state index in [4.69, 9.17) is 4.74 Å². The first kappa shape index (κ1) is 19.3. The molecule has 148 valence electrons. The van der Waals surface area contributed by atoms with E-state index in [0.29, 0.717) is 12.8 Å². The van der Waals surface area contributed by atoms with Crippen molar-refractivity contribution in [2.45, 2.75) is 44.6 Å². The second kappa shape index (κ2) is 8.06. The van der Waals surface area contributed by atoms with Gasteiger partial charge in [-0.15, -0.1) is 0 Å². The van der Waals surface area contributed by atoms with Crippen LogP contribution in [0.2, 0.25) is 0 Å². The van der Waals surface area contributed by atoms with Crippen LogP contribution in [0.3, 0.4) is 0 Å². The molecule has 0 radical (unpaired) electrons. The standard InChI is InChI=1S/C18H25N3O6/c1-20(8-14(22)19-11-6-7-11)15(23)10-27-16(24)9-21-17(25)12-4-2-3-5-13(12)18(21)26/h11-13H,2-10H2,1H3,(H,19,22)/t12-,13+. The van der Waals surface area contributed by atoms with Crippen molar-refractivity contribution in [2.75, 3.05) is 26.7 Å². The van der Waals surface area contributed by atoms with E-state index < -0.39 is 25.0 Å². The van der Waals surface area contributed by atoms with Gasteiger partial charge >= 0.3 is 5.97 Å². The lowest BCUT2D eigenvalue weighted by Crippen LogP contribution is -2.41. The Morgan fingerprint density at radius 3 is 2.22 bits per heavy atom. The first-order valence-electron chi connectivity index (χ1n) is 9.41. The van der Waals surface area contributed by atoms with E-state index in [2.05, 4.69) is 5.32 Å². The number of carbonyl (C=O) groups is 5. The number of fused-ring (bicyclic) bond motifs is 1. The summed E-state index contributed by atoms with van der Waals surface area (Å²) in [5, 5.41) is 2.76. The van der Waals surface area contributed by atoms with Gasteiger partial charge in [0.2, 0.25) is 17.7 Å². The quantitative estimate of drug-likeness (QED) is 0.469. The van der Waals surface area contributed by atoms with Crippen molar-refractivity contribution in [1.29, 1.82) is 0 Å². The average molecular weight is 379 g/mol. The Morgan fingerprint density at radius 1 is 1.07 bits per heavy atom. The van der Waals surface area contributed by atoms with Crippen LogP contribution in [0.15, 0.2) is 0 Å². The molecule has 1 saturated heterocycles. The van der Waals surface area contributed by atoms with Gasteiger partial charge in [0.05, 0.1) is 18.4 Å². The Morgan fingerprint density at radius 2 is 1.67 bits per heavy atom. The highest BCUT2D eigenvalue weighted by molar-refractivity contribution is 6.07. The van der Waals surface area contributed by atoms with Crippen LogP contribution < -0.4 is 5.32 Å². The lowest BCUT2D eigenvalue weighted by molar-refractivity contribution is -0.156. The number of esters is 1. The van der Waals surface area contributed by atoms with Gasteiger partial charge in [-0.2, -0.15) is 0 Å². The summed E-state index contributed by atoms with van der Waals surface area (Å²) in [4.78, 5) is 62.4. The van der Waals surface area contributed by atoms with Crippen molar-refractivity contribution in [3.63, 3.8) is 0 Å². The molecule has 0 spiro atoms. The van der Waals surface area contributed by atoms with E-state index in [9.17, 15) is 24.0 Å². The number of nitrogens with zero attached hydrogens (tertiary/aromatic N) is 2. The van der Waals surface area contributed by atoms with Gasteiger partial charge in [-0.25, -0.2) is 0 Å². The summed E-state index contributed by atoms with van der Waals surface area (Å²) in [6, 6.07) is 0.207. The van der Waals surface area contributed by atoms with Crippen LogP contribution in [-0.4, -0.2) is 72.2 Å². The van der Waals surface area contributed by atoms with Crippen molar-refractivity contribution < 1.29 is 28.7 Å². The molecular formula is C18H25N3O6. The summed E-state index contributed by atoms with van der Waals surface area (Å²) in [5.41, 5.74) is 0. The Labute approximate surface area is 157 Å². The monoisotopic (exact) mass is 379 g/mol. The summed E-state index contributed by atoms with van der Waals surface area (Å²) in [5.74, 6) is -2.87. The minimum atomic E-state index is -0.806. The molecule has 2 saturated carbocycles. The van der Waals surface area contributed by atoms with Gasteiger partial charge < -0.3 is 15.0 Å². The number of amides is 4. The fourth-order valence-corrected chi connectivity index (χ4v) is 3.62. The molecule has 27 heavy (non-hydrogen) atoms. The highest BCUT2D eigenvalue weighted by Gasteiger charge is 2.48.